The van der Waals surface area contributed by atoms with Gasteiger partial charge in [0.15, 0.2) is 0 Å². The molecule has 4 aromatic carbocycles. The van der Waals surface area contributed by atoms with Crippen LogP contribution >= 0.6 is 31.9 Å². The summed E-state index contributed by atoms with van der Waals surface area (Å²) >= 11 is 5.88. The summed E-state index contributed by atoms with van der Waals surface area (Å²) in [6.07, 6.45) is -0.570. The van der Waals surface area contributed by atoms with E-state index in [1.165, 1.54) is 21.7 Å². The van der Waals surface area contributed by atoms with Crippen LogP contribution in [0.25, 0.3) is 22.3 Å². The lowest BCUT2D eigenvalue weighted by Crippen LogP contribution is -2.50. The zero-order valence-corrected chi connectivity index (χ0v) is 45.4. The number of halogens is 8. The molecular weight excluding hydrogens is 1140 g/mol. The fraction of sp³-hybridized carbons (Fsp3) is 0.368. The number of nitrogens with zero attached hydrogens (tertiary/aromatic N) is 4. The lowest BCUT2D eigenvalue weighted by atomic mass is 9.54. The third-order valence-corrected chi connectivity index (χ3v) is 15.6. The average Bonchev–Trinajstić information content (AvgIpc) is 4.14. The minimum atomic E-state index is -4.00. The summed E-state index contributed by atoms with van der Waals surface area (Å²) in [5, 5.41) is 0. The fourth-order valence-corrected chi connectivity index (χ4v) is 12.7. The minimum Gasteiger partial charge on any atom is -0.285 e. The standard InChI is InChI=1S/C51H40N4O8.2C2H3F3.2CH3Br/c1-24-3-7-26(8-4-24)28-11-15-30(16-12-28)55-50(62)42-34-21-22-35(43(42)51(55)63)39-38(34)46(58)53(47(39)59)23-25-5-9-27(10-6-25)29-13-17-31(18-14-29)54-48(60)40-32-19-20-33(41(40)49(54)61)37-36(32)44(56)52(2)45(37)57;2*1-2(3,4)5;2*1-2/h3-22,32-43H,23H2,1-2H3;2*1H3;2*1H3. The highest BCUT2D eigenvalue weighted by molar-refractivity contribution is 9.09. The molecule has 2 saturated carbocycles. The van der Waals surface area contributed by atoms with Gasteiger partial charge in [-0.2, -0.15) is 26.3 Å². The number of imide groups is 4. The van der Waals surface area contributed by atoms with Gasteiger partial charge in [-0.1, -0.05) is 135 Å². The van der Waals surface area contributed by atoms with Gasteiger partial charge < -0.3 is 0 Å². The number of likely N-dealkylation sites (tertiary alicyclic amines) is 2. The van der Waals surface area contributed by atoms with E-state index in [1.807, 2.05) is 116 Å². The van der Waals surface area contributed by atoms with Gasteiger partial charge in [0.05, 0.1) is 65.3 Å². The SMILES string of the molecule is CBr.CBr.CC(F)(F)F.CC(F)(F)F.Cc1ccc(-c2ccc(N3C(=O)C4C5C=CC(C6C(=O)N(Cc7ccc(-c8ccc(N9C(=O)C%10C%11C=CC(C%12C(=O)N(C)C(=O)C%11%12)C%10C9=O)cc8)cc7)C(=O)C56)C4C3=O)cc2)cc1. The monoisotopic (exact) mass is 1190 g/mol. The van der Waals surface area contributed by atoms with E-state index in [9.17, 15) is 64.7 Å². The average molecular weight is 1190 g/mol. The van der Waals surface area contributed by atoms with E-state index in [1.54, 1.807) is 24.3 Å². The molecule has 20 heteroatoms. The van der Waals surface area contributed by atoms with Gasteiger partial charge in [0.1, 0.15) is 0 Å². The molecule has 4 aliphatic heterocycles. The molecule has 4 bridgehead atoms. The van der Waals surface area contributed by atoms with Crippen molar-refractivity contribution in [3.8, 4) is 22.3 Å². The Morgan fingerprint density at radius 3 is 0.909 bits per heavy atom. The maximum absolute atomic E-state index is 14.1. The molecule has 6 aliphatic carbocycles. The van der Waals surface area contributed by atoms with Gasteiger partial charge in [0.2, 0.25) is 47.3 Å². The second kappa shape index (κ2) is 21.7. The molecule has 12 atom stereocenters. The number of alkyl halides is 8. The van der Waals surface area contributed by atoms with Gasteiger partial charge in [-0.25, -0.2) is 0 Å². The van der Waals surface area contributed by atoms with Crippen LogP contribution in [0.1, 0.15) is 25.0 Å². The Labute approximate surface area is 456 Å². The molecule has 0 spiro atoms. The number of carbonyl (C=O) groups is 8. The summed E-state index contributed by atoms with van der Waals surface area (Å²) in [4.78, 5) is 115. The first-order valence-corrected chi connectivity index (χ1v) is 27.6. The van der Waals surface area contributed by atoms with Crippen LogP contribution in [0.4, 0.5) is 37.7 Å². The van der Waals surface area contributed by atoms with Gasteiger partial charge in [-0.15, -0.1) is 0 Å². The molecule has 6 fully saturated rings. The summed E-state index contributed by atoms with van der Waals surface area (Å²) in [6.45, 7) is 2.45. The Morgan fingerprint density at radius 2 is 0.623 bits per heavy atom. The summed E-state index contributed by atoms with van der Waals surface area (Å²) in [5.74, 6) is -6.65. The van der Waals surface area contributed by atoms with Crippen LogP contribution in [0.2, 0.25) is 0 Å². The predicted octanol–water partition coefficient (Wildman–Crippen LogP) is 10.4. The van der Waals surface area contributed by atoms with E-state index in [-0.39, 0.29) is 67.6 Å². The van der Waals surface area contributed by atoms with Gasteiger partial charge in [-0.3, -0.25) is 58.0 Å². The maximum atomic E-state index is 14.1. The molecule has 4 saturated heterocycles. The number of aryl methyl sites for hydroxylation is 1. The van der Waals surface area contributed by atoms with Crippen molar-refractivity contribution in [2.45, 2.75) is 39.7 Å². The molecule has 4 aromatic rings. The molecule has 0 radical (unpaired) electrons. The number of benzene rings is 4. The van der Waals surface area contributed by atoms with Crippen LogP contribution in [0.5, 0.6) is 0 Å². The van der Waals surface area contributed by atoms with Crippen molar-refractivity contribution in [3.05, 3.63) is 132 Å². The lowest BCUT2D eigenvalue weighted by Gasteiger charge is -2.44. The Morgan fingerprint density at radius 1 is 0.390 bits per heavy atom. The van der Waals surface area contributed by atoms with Crippen molar-refractivity contribution in [1.82, 2.24) is 9.80 Å². The smallest absolute Gasteiger partial charge is 0.285 e. The normalized spacial score (nSPS) is 29.0. The van der Waals surface area contributed by atoms with Gasteiger partial charge in [0, 0.05) is 44.6 Å². The summed E-state index contributed by atoms with van der Waals surface area (Å²) in [7, 11) is 1.46. The number of rotatable bonds is 6. The third-order valence-electron chi connectivity index (χ3n) is 15.6. The van der Waals surface area contributed by atoms with Gasteiger partial charge in [-0.05, 0) is 70.7 Å². The largest absolute Gasteiger partial charge is 0.386 e. The molecule has 77 heavy (non-hydrogen) atoms. The number of hydrogen-bond donors (Lipinski definition) is 0. The van der Waals surface area contributed by atoms with Crippen LogP contribution in [0.15, 0.2) is 121 Å². The topological polar surface area (TPSA) is 150 Å². The van der Waals surface area contributed by atoms with Crippen molar-refractivity contribution >= 4 is 90.5 Å². The van der Waals surface area contributed by atoms with Crippen LogP contribution in [-0.4, -0.2) is 88.1 Å². The van der Waals surface area contributed by atoms with Crippen molar-refractivity contribution in [1.29, 1.82) is 0 Å². The molecule has 8 amide bonds. The minimum absolute atomic E-state index is 0.0492. The van der Waals surface area contributed by atoms with Crippen molar-refractivity contribution in [2.75, 3.05) is 28.5 Å². The molecular formula is C57H52Br2F6N4O8. The van der Waals surface area contributed by atoms with Crippen molar-refractivity contribution < 1.29 is 64.7 Å². The highest BCUT2D eigenvalue weighted by Crippen LogP contribution is 2.60. The summed E-state index contributed by atoms with van der Waals surface area (Å²) < 4.78 is 62.1. The highest BCUT2D eigenvalue weighted by Gasteiger charge is 2.70. The Balaban J connectivity index is 0.000000506. The van der Waals surface area contributed by atoms with Gasteiger partial charge >= 0.3 is 12.4 Å². The van der Waals surface area contributed by atoms with E-state index in [4.69, 9.17) is 0 Å². The van der Waals surface area contributed by atoms with E-state index in [0.717, 1.165) is 38.3 Å². The number of carbonyl (C=O) groups excluding carboxylic acids is 8. The summed E-state index contributed by atoms with van der Waals surface area (Å²) in [5.41, 5.74) is 6.41. The van der Waals surface area contributed by atoms with Crippen LogP contribution < -0.4 is 9.80 Å². The van der Waals surface area contributed by atoms with E-state index >= 15 is 0 Å². The number of amides is 8. The first kappa shape index (κ1) is 56.7. The molecule has 10 aliphatic rings. The molecule has 404 valence electrons. The third kappa shape index (κ3) is 10.3. The first-order chi connectivity index (χ1) is 36.4. The molecule has 0 aromatic heterocycles. The van der Waals surface area contributed by atoms with Gasteiger partial charge in [0.25, 0.3) is 0 Å². The van der Waals surface area contributed by atoms with Crippen LogP contribution in [0.3, 0.4) is 0 Å². The molecule has 4 heterocycles. The lowest BCUT2D eigenvalue weighted by molar-refractivity contribution is -0.141. The maximum Gasteiger partial charge on any atom is 0.386 e. The Bertz CT molecular complexity index is 2950. The molecule has 14 rings (SSSR count). The molecule has 0 N–H and O–H groups in total. The zero-order valence-electron chi connectivity index (χ0n) is 42.3. The number of anilines is 2. The van der Waals surface area contributed by atoms with Crippen molar-refractivity contribution in [2.24, 2.45) is 71.0 Å². The second-order valence-electron chi connectivity index (χ2n) is 20.0. The zero-order chi connectivity index (χ0) is 56.3. The molecule has 12 unspecified atom stereocenters. The Kier molecular flexibility index (Phi) is 16.0. The predicted molar refractivity (Wildman–Crippen MR) is 280 cm³/mol. The quantitative estimate of drug-likeness (QED) is 0.0802. The Hall–Kier alpha value is -6.54. The highest BCUT2D eigenvalue weighted by atomic mass is 79.9. The van der Waals surface area contributed by atoms with E-state index < -0.39 is 83.4 Å². The van der Waals surface area contributed by atoms with E-state index in [0.29, 0.717) is 11.4 Å². The van der Waals surface area contributed by atoms with E-state index in [2.05, 4.69) is 31.9 Å². The number of allylic oxidation sites excluding steroid dienone is 4. The second-order valence-corrected chi connectivity index (χ2v) is 20.0. The summed E-state index contributed by atoms with van der Waals surface area (Å²) in [6, 6.07) is 30.0. The molecule has 12 nitrogen and oxygen atoms in total. The fourth-order valence-electron chi connectivity index (χ4n) is 12.7. The number of hydrogen-bond acceptors (Lipinski definition) is 8. The van der Waals surface area contributed by atoms with Crippen molar-refractivity contribution in [3.63, 3.8) is 0 Å². The van der Waals surface area contributed by atoms with Crippen LogP contribution in [-0.2, 0) is 44.9 Å². The van der Waals surface area contributed by atoms with Crippen LogP contribution in [0, 0.1) is 77.9 Å². The first-order valence-electron chi connectivity index (χ1n) is 24.5.